The van der Waals surface area contributed by atoms with Crippen LogP contribution in [-0.2, 0) is 4.79 Å². The van der Waals surface area contributed by atoms with Crippen LogP contribution < -0.4 is 0 Å². The molecule has 1 aliphatic carbocycles. The van der Waals surface area contributed by atoms with E-state index >= 15 is 0 Å². The lowest BCUT2D eigenvalue weighted by Gasteiger charge is -2.30. The number of thioether (sulfide) groups is 1. The van der Waals surface area contributed by atoms with E-state index in [0.717, 1.165) is 36.7 Å². The van der Waals surface area contributed by atoms with Gasteiger partial charge in [0.2, 0.25) is 5.91 Å². The largest absolute Gasteiger partial charge is 0.341 e. The van der Waals surface area contributed by atoms with Crippen molar-refractivity contribution in [2.75, 3.05) is 13.1 Å². The first-order valence-electron chi connectivity index (χ1n) is 8.73. The van der Waals surface area contributed by atoms with Crippen LogP contribution in [0.25, 0.3) is 0 Å². The highest BCUT2D eigenvalue weighted by atomic mass is 32.2. The van der Waals surface area contributed by atoms with Crippen LogP contribution in [0.15, 0.2) is 41.8 Å². The number of amides is 1. The molecule has 1 saturated heterocycles. The Morgan fingerprint density at radius 2 is 1.88 bits per heavy atom. The third-order valence-electron chi connectivity index (χ3n) is 4.70. The van der Waals surface area contributed by atoms with Gasteiger partial charge in [-0.05, 0) is 37.7 Å². The molecule has 1 amide bonds. The molecule has 5 nitrogen and oxygen atoms in total. The van der Waals surface area contributed by atoms with E-state index in [1.54, 1.807) is 18.1 Å². The van der Waals surface area contributed by atoms with Gasteiger partial charge in [-0.1, -0.05) is 42.1 Å². The molecule has 0 radical (unpaired) electrons. The van der Waals surface area contributed by atoms with E-state index in [9.17, 15) is 4.79 Å². The molecular formula is C18H22N4OS. The number of rotatable bonds is 5. The number of aromatic nitrogens is 3. The average molecular weight is 342 g/mol. The maximum Gasteiger partial charge on any atom is 0.240 e. The second-order valence-corrected chi connectivity index (χ2v) is 7.62. The van der Waals surface area contributed by atoms with Crippen molar-refractivity contribution in [1.82, 2.24) is 19.7 Å². The van der Waals surface area contributed by atoms with Crippen LogP contribution >= 0.6 is 11.8 Å². The van der Waals surface area contributed by atoms with Gasteiger partial charge in [0.05, 0.1) is 0 Å². The average Bonchev–Trinajstić information content (AvgIpc) is 3.39. The lowest BCUT2D eigenvalue weighted by Crippen LogP contribution is -2.38. The fourth-order valence-electron chi connectivity index (χ4n) is 3.19. The molecule has 2 aromatic rings. The van der Waals surface area contributed by atoms with Crippen molar-refractivity contribution < 1.29 is 4.79 Å². The van der Waals surface area contributed by atoms with Crippen molar-refractivity contribution in [2.45, 2.75) is 48.6 Å². The standard InChI is InChI=1S/C18H22N4OS/c23-17(21-11-5-2-6-12-21)16(14-7-3-1-4-8-14)24-18-20-19-13-22(18)15-9-10-15/h1,3-4,7-8,13,15-16H,2,5-6,9-12H2/t16-/m1/s1. The van der Waals surface area contributed by atoms with Gasteiger partial charge < -0.3 is 9.47 Å². The summed E-state index contributed by atoms with van der Waals surface area (Å²) in [5, 5.41) is 8.96. The Morgan fingerprint density at radius 1 is 1.12 bits per heavy atom. The lowest BCUT2D eigenvalue weighted by molar-refractivity contribution is -0.131. The van der Waals surface area contributed by atoms with Gasteiger partial charge >= 0.3 is 0 Å². The van der Waals surface area contributed by atoms with Crippen LogP contribution in [0.1, 0.15) is 49.0 Å². The summed E-state index contributed by atoms with van der Waals surface area (Å²) in [7, 11) is 0. The Labute approximate surface area is 146 Å². The molecule has 24 heavy (non-hydrogen) atoms. The zero-order chi connectivity index (χ0) is 16.4. The molecule has 0 unspecified atom stereocenters. The van der Waals surface area contributed by atoms with Crippen molar-refractivity contribution in [3.05, 3.63) is 42.2 Å². The quantitative estimate of drug-likeness (QED) is 0.781. The minimum absolute atomic E-state index is 0.205. The first-order chi connectivity index (χ1) is 11.8. The molecule has 1 aliphatic heterocycles. The summed E-state index contributed by atoms with van der Waals surface area (Å²) in [6, 6.07) is 10.6. The molecule has 4 rings (SSSR count). The van der Waals surface area contributed by atoms with Crippen molar-refractivity contribution in [3.63, 3.8) is 0 Å². The molecule has 1 aromatic carbocycles. The summed E-state index contributed by atoms with van der Waals surface area (Å²) in [6.07, 6.45) is 7.60. The number of likely N-dealkylation sites (tertiary alicyclic amines) is 1. The number of hydrogen-bond acceptors (Lipinski definition) is 4. The van der Waals surface area contributed by atoms with Gasteiger partial charge in [-0.2, -0.15) is 0 Å². The molecule has 0 N–H and O–H groups in total. The minimum atomic E-state index is -0.244. The third kappa shape index (κ3) is 3.34. The van der Waals surface area contributed by atoms with E-state index in [1.165, 1.54) is 19.3 Å². The zero-order valence-corrected chi connectivity index (χ0v) is 14.5. The summed E-state index contributed by atoms with van der Waals surface area (Å²) in [5.74, 6) is 0.205. The summed E-state index contributed by atoms with van der Waals surface area (Å²) >= 11 is 1.54. The van der Waals surface area contributed by atoms with Crippen LogP contribution in [0, 0.1) is 0 Å². The Hall–Kier alpha value is -1.82. The Balaban J connectivity index is 1.60. The van der Waals surface area contributed by atoms with E-state index in [1.807, 2.05) is 35.2 Å². The SMILES string of the molecule is O=C([C@H](Sc1nncn1C1CC1)c1ccccc1)N1CCCCC1. The second-order valence-electron chi connectivity index (χ2n) is 6.55. The van der Waals surface area contributed by atoms with Gasteiger partial charge in [0.15, 0.2) is 5.16 Å². The van der Waals surface area contributed by atoms with Gasteiger partial charge in [0.1, 0.15) is 11.6 Å². The van der Waals surface area contributed by atoms with Crippen molar-refractivity contribution >= 4 is 17.7 Å². The maximum atomic E-state index is 13.2. The van der Waals surface area contributed by atoms with E-state index in [4.69, 9.17) is 0 Å². The lowest BCUT2D eigenvalue weighted by atomic mass is 10.1. The zero-order valence-electron chi connectivity index (χ0n) is 13.7. The van der Waals surface area contributed by atoms with Gasteiger partial charge in [0, 0.05) is 19.1 Å². The Morgan fingerprint density at radius 3 is 2.58 bits per heavy atom. The van der Waals surface area contributed by atoms with Crippen LogP contribution in [-0.4, -0.2) is 38.7 Å². The predicted molar refractivity (Wildman–Crippen MR) is 93.8 cm³/mol. The Bertz CT molecular complexity index is 692. The molecule has 1 saturated carbocycles. The van der Waals surface area contributed by atoms with Crippen molar-refractivity contribution in [2.24, 2.45) is 0 Å². The molecule has 2 fully saturated rings. The number of benzene rings is 1. The number of carbonyl (C=O) groups excluding carboxylic acids is 1. The smallest absolute Gasteiger partial charge is 0.240 e. The van der Waals surface area contributed by atoms with Crippen molar-refractivity contribution in [3.8, 4) is 0 Å². The highest BCUT2D eigenvalue weighted by Gasteiger charge is 2.32. The van der Waals surface area contributed by atoms with E-state index in [-0.39, 0.29) is 11.2 Å². The highest BCUT2D eigenvalue weighted by molar-refractivity contribution is 8.00. The first-order valence-corrected chi connectivity index (χ1v) is 9.61. The van der Waals surface area contributed by atoms with Crippen LogP contribution in [0.3, 0.4) is 0 Å². The Kier molecular flexibility index (Phi) is 4.56. The molecular weight excluding hydrogens is 320 g/mol. The van der Waals surface area contributed by atoms with Gasteiger partial charge in [-0.15, -0.1) is 10.2 Å². The van der Waals surface area contributed by atoms with Gasteiger partial charge in [0.25, 0.3) is 0 Å². The number of nitrogens with zero attached hydrogens (tertiary/aromatic N) is 4. The van der Waals surface area contributed by atoms with Crippen LogP contribution in [0.2, 0.25) is 0 Å². The van der Waals surface area contributed by atoms with E-state index < -0.39 is 0 Å². The highest BCUT2D eigenvalue weighted by Crippen LogP contribution is 2.41. The molecule has 1 atom stereocenters. The summed E-state index contributed by atoms with van der Waals surface area (Å²) in [5.41, 5.74) is 1.04. The monoisotopic (exact) mass is 342 g/mol. The van der Waals surface area contributed by atoms with E-state index in [2.05, 4.69) is 14.8 Å². The summed E-state index contributed by atoms with van der Waals surface area (Å²) in [4.78, 5) is 15.2. The van der Waals surface area contributed by atoms with Gasteiger partial charge in [-0.25, -0.2) is 0 Å². The molecule has 0 spiro atoms. The summed E-state index contributed by atoms with van der Waals surface area (Å²) in [6.45, 7) is 1.75. The molecule has 1 aromatic heterocycles. The number of hydrogen-bond donors (Lipinski definition) is 0. The number of carbonyl (C=O) groups is 1. The van der Waals surface area contributed by atoms with Crippen LogP contribution in [0.4, 0.5) is 0 Å². The molecule has 126 valence electrons. The van der Waals surface area contributed by atoms with Crippen molar-refractivity contribution in [1.29, 1.82) is 0 Å². The van der Waals surface area contributed by atoms with Gasteiger partial charge in [-0.3, -0.25) is 4.79 Å². The third-order valence-corrected chi connectivity index (χ3v) is 5.91. The fourth-order valence-corrected chi connectivity index (χ4v) is 4.36. The first kappa shape index (κ1) is 15.7. The molecule has 2 aliphatic rings. The van der Waals surface area contributed by atoms with E-state index in [0.29, 0.717) is 6.04 Å². The topological polar surface area (TPSA) is 51.0 Å². The fraction of sp³-hybridized carbons (Fsp3) is 0.500. The summed E-state index contributed by atoms with van der Waals surface area (Å²) < 4.78 is 2.13. The predicted octanol–water partition coefficient (Wildman–Crippen LogP) is 3.46. The molecule has 2 heterocycles. The maximum absolute atomic E-state index is 13.2. The number of piperidine rings is 1. The second kappa shape index (κ2) is 6.97. The molecule has 6 heteroatoms. The van der Waals surface area contributed by atoms with Crippen LogP contribution in [0.5, 0.6) is 0 Å². The minimum Gasteiger partial charge on any atom is -0.341 e. The molecule has 0 bridgehead atoms. The normalized spacial score (nSPS) is 19.2.